The van der Waals surface area contributed by atoms with E-state index in [1.165, 1.54) is 11.9 Å². The summed E-state index contributed by atoms with van der Waals surface area (Å²) in [6.07, 6.45) is 4.65. The lowest BCUT2D eigenvalue weighted by molar-refractivity contribution is -0.128. The van der Waals surface area contributed by atoms with E-state index >= 15 is 0 Å². The van der Waals surface area contributed by atoms with E-state index in [0.29, 0.717) is 35.1 Å². The van der Waals surface area contributed by atoms with Crippen molar-refractivity contribution in [3.63, 3.8) is 0 Å². The Morgan fingerprint density at radius 3 is 2.68 bits per heavy atom. The maximum absolute atomic E-state index is 12.7. The third-order valence-electron chi connectivity index (χ3n) is 4.60. The van der Waals surface area contributed by atoms with Crippen molar-refractivity contribution in [2.24, 2.45) is 7.05 Å². The zero-order valence-corrected chi connectivity index (χ0v) is 17.0. The molecule has 0 bridgehead atoms. The molecule has 2 aromatic rings. The predicted octanol–water partition coefficient (Wildman–Crippen LogP) is 2.80. The number of carbonyl (C=O) groups excluding carboxylic acids is 2. The van der Waals surface area contributed by atoms with Crippen LogP contribution in [0.25, 0.3) is 0 Å². The molecule has 28 heavy (non-hydrogen) atoms. The molecule has 7 nitrogen and oxygen atoms in total. The molecule has 1 atom stereocenters. The predicted molar refractivity (Wildman–Crippen MR) is 106 cm³/mol. The van der Waals surface area contributed by atoms with E-state index in [1.54, 1.807) is 36.3 Å². The molecule has 3 rings (SSSR count). The molecule has 148 valence electrons. The van der Waals surface area contributed by atoms with Crippen molar-refractivity contribution in [2.75, 3.05) is 13.6 Å². The van der Waals surface area contributed by atoms with Crippen LogP contribution < -0.4 is 5.32 Å². The summed E-state index contributed by atoms with van der Waals surface area (Å²) in [7, 11) is 3.32. The molecule has 1 unspecified atom stereocenters. The van der Waals surface area contributed by atoms with Crippen molar-refractivity contribution in [3.05, 3.63) is 63.4 Å². The van der Waals surface area contributed by atoms with E-state index < -0.39 is 23.6 Å². The molecule has 2 heterocycles. The molecule has 1 aliphatic heterocycles. The highest BCUT2D eigenvalue weighted by Gasteiger charge is 2.42. The molecule has 9 heteroatoms. The molecular weight excluding hydrogens is 403 g/mol. The summed E-state index contributed by atoms with van der Waals surface area (Å²) in [6.45, 7) is 0.378. The summed E-state index contributed by atoms with van der Waals surface area (Å²) in [4.78, 5) is 30.4. The van der Waals surface area contributed by atoms with Gasteiger partial charge in [-0.15, -0.1) is 0 Å². The van der Waals surface area contributed by atoms with Crippen molar-refractivity contribution < 1.29 is 14.7 Å². The molecule has 0 saturated carbocycles. The lowest BCUT2D eigenvalue weighted by Crippen LogP contribution is -2.32. The Morgan fingerprint density at radius 2 is 2.04 bits per heavy atom. The topological polar surface area (TPSA) is 87.5 Å². The minimum absolute atomic E-state index is 0.0146. The van der Waals surface area contributed by atoms with Crippen molar-refractivity contribution in [1.29, 1.82) is 0 Å². The third-order valence-corrected chi connectivity index (χ3v) is 5.34. The summed E-state index contributed by atoms with van der Waals surface area (Å²) in [5, 5.41) is 14.0. The fourth-order valence-corrected chi connectivity index (χ4v) is 3.48. The summed E-state index contributed by atoms with van der Waals surface area (Å²) >= 11 is 11.9. The smallest absolute Gasteiger partial charge is 0.289 e. The molecule has 2 N–H and O–H groups in total. The van der Waals surface area contributed by atoms with E-state index in [1.807, 2.05) is 6.07 Å². The highest BCUT2D eigenvalue weighted by atomic mass is 35.5. The van der Waals surface area contributed by atoms with Gasteiger partial charge in [-0.1, -0.05) is 29.3 Å². The van der Waals surface area contributed by atoms with Gasteiger partial charge in [0.25, 0.3) is 11.8 Å². The quantitative estimate of drug-likeness (QED) is 0.700. The third kappa shape index (κ3) is 4.00. The van der Waals surface area contributed by atoms with E-state index in [2.05, 4.69) is 10.3 Å². The monoisotopic (exact) mass is 422 g/mol. The van der Waals surface area contributed by atoms with Gasteiger partial charge in [-0.3, -0.25) is 9.59 Å². The van der Waals surface area contributed by atoms with E-state index in [0.717, 1.165) is 5.56 Å². The van der Waals surface area contributed by atoms with Crippen molar-refractivity contribution >= 4 is 35.0 Å². The second-order valence-electron chi connectivity index (χ2n) is 6.65. The van der Waals surface area contributed by atoms with Gasteiger partial charge in [0.15, 0.2) is 5.76 Å². The normalized spacial score (nSPS) is 16.8. The van der Waals surface area contributed by atoms with Crippen molar-refractivity contribution in [1.82, 2.24) is 19.8 Å². The van der Waals surface area contributed by atoms with Crippen LogP contribution in [0.4, 0.5) is 0 Å². The van der Waals surface area contributed by atoms with Crippen molar-refractivity contribution in [3.8, 4) is 0 Å². The molecule has 1 aromatic heterocycles. The van der Waals surface area contributed by atoms with E-state index in [4.69, 9.17) is 23.2 Å². The zero-order chi connectivity index (χ0) is 20.4. The van der Waals surface area contributed by atoms with Crippen LogP contribution in [-0.2, 0) is 23.1 Å². The minimum Gasteiger partial charge on any atom is -0.503 e. The number of hydrogen-bond acceptors (Lipinski definition) is 4. The SMILES string of the molecule is CN1C(=O)C(O)=C(C(=O)NCCCc2ccc(Cl)c(Cl)c2)C1c1cn(C)cn1. The molecule has 0 aliphatic carbocycles. The van der Waals surface area contributed by atoms with Crippen LogP contribution in [0.3, 0.4) is 0 Å². The van der Waals surface area contributed by atoms with Crippen LogP contribution in [0, 0.1) is 0 Å². The van der Waals surface area contributed by atoms with Crippen LogP contribution >= 0.6 is 23.2 Å². The van der Waals surface area contributed by atoms with Gasteiger partial charge in [0.05, 0.1) is 27.6 Å². The number of carbonyl (C=O) groups is 2. The first-order valence-corrected chi connectivity index (χ1v) is 9.45. The van der Waals surface area contributed by atoms with Crippen molar-refractivity contribution in [2.45, 2.75) is 18.9 Å². The Bertz CT molecular complexity index is 954. The molecule has 0 fully saturated rings. The first-order chi connectivity index (χ1) is 13.3. The molecule has 2 amide bonds. The molecule has 0 saturated heterocycles. The number of rotatable bonds is 6. The summed E-state index contributed by atoms with van der Waals surface area (Å²) in [5.41, 5.74) is 1.54. The number of aromatic nitrogens is 2. The number of benzene rings is 1. The minimum atomic E-state index is -0.719. The maximum Gasteiger partial charge on any atom is 0.289 e. The number of halogens is 2. The van der Waals surface area contributed by atoms with Crippen LogP contribution in [0.15, 0.2) is 42.1 Å². The number of aryl methyl sites for hydroxylation is 2. The summed E-state index contributed by atoms with van der Waals surface area (Å²) in [5.74, 6) is -1.63. The fraction of sp³-hybridized carbons (Fsp3) is 0.316. The Hall–Kier alpha value is -2.51. The number of amides is 2. The Balaban J connectivity index is 1.64. The van der Waals surface area contributed by atoms with Gasteiger partial charge in [0, 0.05) is 26.8 Å². The van der Waals surface area contributed by atoms with Crippen LogP contribution in [0.1, 0.15) is 23.7 Å². The first kappa shape index (κ1) is 20.2. The molecule has 1 aliphatic rings. The standard InChI is InChI=1S/C19H20Cl2N4O3/c1-24-9-14(23-10-24)16-15(17(26)19(28)25(16)2)18(27)22-7-3-4-11-5-6-12(20)13(21)8-11/h5-6,8-10,16,26H,3-4,7H2,1-2H3,(H,22,27). The lowest BCUT2D eigenvalue weighted by Gasteiger charge is -2.20. The summed E-state index contributed by atoms with van der Waals surface area (Å²) in [6, 6.07) is 4.69. The first-order valence-electron chi connectivity index (χ1n) is 8.70. The average Bonchev–Trinajstić information content (AvgIpc) is 3.18. The second-order valence-corrected chi connectivity index (χ2v) is 7.47. The van der Waals surface area contributed by atoms with Gasteiger partial charge in [-0.05, 0) is 30.5 Å². The Morgan fingerprint density at radius 1 is 1.29 bits per heavy atom. The molecule has 0 radical (unpaired) electrons. The van der Waals surface area contributed by atoms with E-state index in [9.17, 15) is 14.7 Å². The maximum atomic E-state index is 12.7. The second kappa shape index (κ2) is 8.24. The number of likely N-dealkylation sites (N-methyl/N-ethyl adjacent to an activating group) is 1. The molecule has 0 spiro atoms. The van der Waals surface area contributed by atoms with Crippen LogP contribution in [0.5, 0.6) is 0 Å². The molecule has 1 aromatic carbocycles. The van der Waals surface area contributed by atoms with Gasteiger partial charge in [-0.2, -0.15) is 0 Å². The van der Waals surface area contributed by atoms with Gasteiger partial charge in [0.2, 0.25) is 0 Å². The highest BCUT2D eigenvalue weighted by Crippen LogP contribution is 2.35. The van der Waals surface area contributed by atoms with Gasteiger partial charge in [-0.25, -0.2) is 4.98 Å². The zero-order valence-electron chi connectivity index (χ0n) is 15.4. The van der Waals surface area contributed by atoms with Gasteiger partial charge in [0.1, 0.15) is 6.04 Å². The van der Waals surface area contributed by atoms with Crippen LogP contribution in [0.2, 0.25) is 10.0 Å². The Kier molecular flexibility index (Phi) is 5.96. The summed E-state index contributed by atoms with van der Waals surface area (Å²) < 4.78 is 1.72. The fourth-order valence-electron chi connectivity index (χ4n) is 3.16. The van der Waals surface area contributed by atoms with E-state index in [-0.39, 0.29) is 5.57 Å². The largest absolute Gasteiger partial charge is 0.503 e. The number of nitrogens with one attached hydrogen (secondary N) is 1. The number of nitrogens with zero attached hydrogens (tertiary/aromatic N) is 3. The highest BCUT2D eigenvalue weighted by molar-refractivity contribution is 6.42. The number of aliphatic hydroxyl groups is 1. The number of imidazole rings is 1. The lowest BCUT2D eigenvalue weighted by atomic mass is 10.0. The van der Waals surface area contributed by atoms with Crippen LogP contribution in [-0.4, -0.2) is 45.0 Å². The number of aliphatic hydroxyl groups excluding tert-OH is 1. The molecular formula is C19H20Cl2N4O3. The van der Waals surface area contributed by atoms with Gasteiger partial charge >= 0.3 is 0 Å². The number of hydrogen-bond donors (Lipinski definition) is 2. The Labute approximate surface area is 172 Å². The van der Waals surface area contributed by atoms with Gasteiger partial charge < -0.3 is 19.9 Å². The average molecular weight is 423 g/mol.